The zero-order valence-corrected chi connectivity index (χ0v) is 11.9. The van der Waals surface area contributed by atoms with Gasteiger partial charge in [0, 0.05) is 31.7 Å². The molecule has 17 heavy (non-hydrogen) atoms. The fourth-order valence-electron chi connectivity index (χ4n) is 2.30. The Morgan fingerprint density at radius 2 is 1.76 bits per heavy atom. The summed E-state index contributed by atoms with van der Waals surface area (Å²) >= 11 is 0. The third-order valence-corrected chi connectivity index (χ3v) is 4.12. The molecule has 0 bridgehead atoms. The molecule has 1 atom stereocenters. The number of nitrogens with zero attached hydrogens (tertiary/aromatic N) is 2. The largest absolute Gasteiger partial charge is 0.342 e. The van der Waals surface area contributed by atoms with Crippen LogP contribution in [0.1, 0.15) is 34.6 Å². The van der Waals surface area contributed by atoms with Crippen LogP contribution in [0.2, 0.25) is 0 Å². The molecule has 1 rings (SSSR count). The van der Waals surface area contributed by atoms with Gasteiger partial charge in [-0.25, -0.2) is 0 Å². The molecule has 100 valence electrons. The van der Waals surface area contributed by atoms with Gasteiger partial charge in [0.25, 0.3) is 0 Å². The van der Waals surface area contributed by atoms with Crippen molar-refractivity contribution in [3.8, 4) is 0 Å². The smallest absolute Gasteiger partial charge is 0.239 e. The minimum absolute atomic E-state index is 0.0367. The number of carbonyl (C=O) groups is 1. The van der Waals surface area contributed by atoms with Crippen molar-refractivity contribution in [2.75, 3.05) is 26.2 Å². The summed E-state index contributed by atoms with van der Waals surface area (Å²) in [7, 11) is 0. The average Bonchev–Trinajstić information content (AvgIpc) is 2.25. The number of rotatable bonds is 5. The van der Waals surface area contributed by atoms with Crippen molar-refractivity contribution >= 4 is 5.91 Å². The number of likely N-dealkylation sites (tertiary alicyclic amines) is 1. The lowest BCUT2D eigenvalue weighted by Gasteiger charge is -2.52. The van der Waals surface area contributed by atoms with Gasteiger partial charge in [-0.1, -0.05) is 13.8 Å². The van der Waals surface area contributed by atoms with Crippen LogP contribution in [0, 0.1) is 5.92 Å². The molecule has 0 radical (unpaired) electrons. The molecular formula is C13H27N3O. The van der Waals surface area contributed by atoms with Crippen molar-refractivity contribution in [3.05, 3.63) is 0 Å². The number of amides is 1. The zero-order chi connectivity index (χ0) is 13.2. The molecule has 1 fully saturated rings. The molecule has 0 aliphatic carbocycles. The number of hydrogen-bond acceptors (Lipinski definition) is 3. The van der Waals surface area contributed by atoms with Crippen LogP contribution in [0.25, 0.3) is 0 Å². The Kier molecular flexibility index (Phi) is 4.55. The Bertz CT molecular complexity index is 268. The molecule has 0 spiro atoms. The summed E-state index contributed by atoms with van der Waals surface area (Å²) in [6.45, 7) is 13.6. The van der Waals surface area contributed by atoms with E-state index in [1.165, 1.54) is 0 Å². The van der Waals surface area contributed by atoms with Crippen LogP contribution in [0.5, 0.6) is 0 Å². The van der Waals surface area contributed by atoms with Crippen molar-refractivity contribution < 1.29 is 4.79 Å². The highest BCUT2D eigenvalue weighted by atomic mass is 16.2. The first-order valence-electron chi connectivity index (χ1n) is 6.67. The van der Waals surface area contributed by atoms with Gasteiger partial charge in [-0.2, -0.15) is 0 Å². The lowest BCUT2D eigenvalue weighted by atomic mass is 9.79. The van der Waals surface area contributed by atoms with E-state index in [2.05, 4.69) is 18.7 Å². The first-order valence-corrected chi connectivity index (χ1v) is 6.67. The molecule has 1 heterocycles. The molecule has 1 amide bonds. The second-order valence-electron chi connectivity index (χ2n) is 5.48. The van der Waals surface area contributed by atoms with Gasteiger partial charge in [0.05, 0.1) is 6.04 Å². The molecule has 1 aliphatic rings. The number of hydrogen-bond donors (Lipinski definition) is 1. The zero-order valence-electron chi connectivity index (χ0n) is 11.9. The maximum atomic E-state index is 12.2. The van der Waals surface area contributed by atoms with E-state index >= 15 is 0 Å². The van der Waals surface area contributed by atoms with Gasteiger partial charge in [-0.05, 0) is 26.7 Å². The van der Waals surface area contributed by atoms with Gasteiger partial charge in [0.2, 0.25) is 5.91 Å². The van der Waals surface area contributed by atoms with E-state index < -0.39 is 0 Å². The fraction of sp³-hybridized carbons (Fsp3) is 0.923. The van der Waals surface area contributed by atoms with Crippen LogP contribution in [-0.2, 0) is 4.79 Å². The Hall–Kier alpha value is -0.610. The lowest BCUT2D eigenvalue weighted by Crippen LogP contribution is -2.72. The number of carbonyl (C=O) groups excluding carboxylic acids is 1. The van der Waals surface area contributed by atoms with E-state index in [1.54, 1.807) is 0 Å². The monoisotopic (exact) mass is 241 g/mol. The van der Waals surface area contributed by atoms with Crippen LogP contribution in [0.4, 0.5) is 0 Å². The van der Waals surface area contributed by atoms with Crippen LogP contribution < -0.4 is 5.73 Å². The van der Waals surface area contributed by atoms with Crippen molar-refractivity contribution in [1.82, 2.24) is 9.80 Å². The van der Waals surface area contributed by atoms with Crippen molar-refractivity contribution in [2.45, 2.75) is 46.2 Å². The van der Waals surface area contributed by atoms with Crippen LogP contribution in [0.3, 0.4) is 0 Å². The number of likely N-dealkylation sites (N-methyl/N-ethyl adjacent to an activating group) is 1. The fourth-order valence-corrected chi connectivity index (χ4v) is 2.30. The Morgan fingerprint density at radius 3 is 2.12 bits per heavy atom. The van der Waals surface area contributed by atoms with Crippen LogP contribution >= 0.6 is 0 Å². The maximum Gasteiger partial charge on any atom is 0.239 e. The highest BCUT2D eigenvalue weighted by molar-refractivity contribution is 5.81. The molecule has 1 unspecified atom stereocenters. The summed E-state index contributed by atoms with van der Waals surface area (Å²) < 4.78 is 0. The topological polar surface area (TPSA) is 49.6 Å². The minimum Gasteiger partial charge on any atom is -0.342 e. The molecule has 0 aromatic rings. The molecule has 2 N–H and O–H groups in total. The SMILES string of the molecule is CCN(CC)C(=O)C(C)N1CC(N)(C(C)C)C1. The highest BCUT2D eigenvalue weighted by Crippen LogP contribution is 2.28. The van der Waals surface area contributed by atoms with Crippen molar-refractivity contribution in [1.29, 1.82) is 0 Å². The predicted octanol–water partition coefficient (Wildman–Crippen LogP) is 0.912. The number of nitrogens with two attached hydrogens (primary N) is 1. The maximum absolute atomic E-state index is 12.2. The summed E-state index contributed by atoms with van der Waals surface area (Å²) in [4.78, 5) is 16.2. The molecule has 4 heteroatoms. The Labute approximate surface area is 105 Å². The molecule has 0 aromatic heterocycles. The van der Waals surface area contributed by atoms with E-state index in [9.17, 15) is 4.79 Å². The quantitative estimate of drug-likeness (QED) is 0.778. The Balaban J connectivity index is 2.52. The summed E-state index contributed by atoms with van der Waals surface area (Å²) in [6.07, 6.45) is 0. The van der Waals surface area contributed by atoms with E-state index in [4.69, 9.17) is 5.73 Å². The molecule has 1 aliphatic heterocycles. The van der Waals surface area contributed by atoms with Gasteiger partial charge in [-0.15, -0.1) is 0 Å². The van der Waals surface area contributed by atoms with Crippen molar-refractivity contribution in [2.24, 2.45) is 11.7 Å². The van der Waals surface area contributed by atoms with Gasteiger partial charge in [-0.3, -0.25) is 9.69 Å². The Morgan fingerprint density at radius 1 is 1.29 bits per heavy atom. The predicted molar refractivity (Wildman–Crippen MR) is 70.7 cm³/mol. The molecule has 4 nitrogen and oxygen atoms in total. The normalized spacial score (nSPS) is 21.1. The molecule has 0 saturated carbocycles. The third kappa shape index (κ3) is 2.80. The molecular weight excluding hydrogens is 214 g/mol. The summed E-state index contributed by atoms with van der Waals surface area (Å²) in [5, 5.41) is 0. The lowest BCUT2D eigenvalue weighted by molar-refractivity contribution is -0.139. The van der Waals surface area contributed by atoms with Gasteiger partial charge >= 0.3 is 0 Å². The van der Waals surface area contributed by atoms with E-state index in [0.29, 0.717) is 5.92 Å². The van der Waals surface area contributed by atoms with E-state index in [-0.39, 0.29) is 17.5 Å². The van der Waals surface area contributed by atoms with Crippen molar-refractivity contribution in [3.63, 3.8) is 0 Å². The molecule has 1 saturated heterocycles. The first-order chi connectivity index (χ1) is 7.85. The minimum atomic E-state index is -0.0994. The van der Waals surface area contributed by atoms with E-state index in [1.807, 2.05) is 25.7 Å². The summed E-state index contributed by atoms with van der Waals surface area (Å²) in [5.41, 5.74) is 6.15. The molecule has 0 aromatic carbocycles. The summed E-state index contributed by atoms with van der Waals surface area (Å²) in [6, 6.07) is -0.0367. The first kappa shape index (κ1) is 14.5. The van der Waals surface area contributed by atoms with Crippen LogP contribution in [0.15, 0.2) is 0 Å². The highest BCUT2D eigenvalue weighted by Gasteiger charge is 2.45. The summed E-state index contributed by atoms with van der Waals surface area (Å²) in [5.74, 6) is 0.690. The van der Waals surface area contributed by atoms with Gasteiger partial charge in [0.15, 0.2) is 0 Å². The second-order valence-corrected chi connectivity index (χ2v) is 5.48. The average molecular weight is 241 g/mol. The van der Waals surface area contributed by atoms with Gasteiger partial charge < -0.3 is 10.6 Å². The standard InChI is InChI=1S/C13H27N3O/c1-6-15(7-2)12(17)11(5)16-8-13(14,9-16)10(3)4/h10-11H,6-9,14H2,1-5H3. The van der Waals surface area contributed by atoms with Gasteiger partial charge in [0.1, 0.15) is 0 Å². The third-order valence-electron chi connectivity index (χ3n) is 4.12. The second kappa shape index (κ2) is 5.36. The van der Waals surface area contributed by atoms with E-state index in [0.717, 1.165) is 26.2 Å². The van der Waals surface area contributed by atoms with Crippen LogP contribution in [-0.4, -0.2) is 53.5 Å².